The average Bonchev–Trinajstić information content (AvgIpc) is 3.19. The molecule has 0 bridgehead atoms. The topological polar surface area (TPSA) is 83.4 Å². The van der Waals surface area contributed by atoms with Gasteiger partial charge in [0, 0.05) is 5.56 Å². The second-order valence-corrected chi connectivity index (χ2v) is 6.56. The normalized spacial score (nSPS) is 15.8. The van der Waals surface area contributed by atoms with Crippen LogP contribution in [0.5, 0.6) is 11.5 Å². The van der Waals surface area contributed by atoms with Gasteiger partial charge in [0.05, 0.1) is 23.7 Å². The molecule has 0 radical (unpaired) electrons. The molecule has 1 aromatic heterocycles. The van der Waals surface area contributed by atoms with Crippen LogP contribution >= 0.6 is 28.3 Å². The SMILES string of the molecule is CCOc1c(Br)cc(-c2nc(C3(N)CCCC3)no2)cc1OC.Cl. The molecule has 1 saturated carbocycles. The molecule has 1 fully saturated rings. The summed E-state index contributed by atoms with van der Waals surface area (Å²) in [5, 5.41) is 4.09. The van der Waals surface area contributed by atoms with Crippen molar-refractivity contribution >= 4 is 28.3 Å². The second-order valence-electron chi connectivity index (χ2n) is 5.71. The molecule has 0 saturated heterocycles. The van der Waals surface area contributed by atoms with E-state index in [9.17, 15) is 0 Å². The zero-order chi connectivity index (χ0) is 16.4. The molecule has 1 aliphatic rings. The lowest BCUT2D eigenvalue weighted by atomic mass is 9.99. The number of hydrogen-bond donors (Lipinski definition) is 1. The highest BCUT2D eigenvalue weighted by molar-refractivity contribution is 9.10. The summed E-state index contributed by atoms with van der Waals surface area (Å²) in [6, 6.07) is 3.70. The van der Waals surface area contributed by atoms with E-state index >= 15 is 0 Å². The first-order valence-electron chi connectivity index (χ1n) is 7.71. The zero-order valence-corrected chi connectivity index (χ0v) is 16.1. The van der Waals surface area contributed by atoms with Crippen LogP contribution in [0.2, 0.25) is 0 Å². The van der Waals surface area contributed by atoms with Gasteiger partial charge in [0.1, 0.15) is 0 Å². The maximum atomic E-state index is 6.38. The predicted octanol–water partition coefficient (Wildman–Crippen LogP) is 4.06. The minimum atomic E-state index is -0.464. The summed E-state index contributed by atoms with van der Waals surface area (Å²) in [4.78, 5) is 4.51. The van der Waals surface area contributed by atoms with Gasteiger partial charge in [0.25, 0.3) is 5.89 Å². The van der Waals surface area contributed by atoms with Crippen molar-refractivity contribution in [2.75, 3.05) is 13.7 Å². The van der Waals surface area contributed by atoms with Crippen molar-refractivity contribution in [2.45, 2.75) is 38.1 Å². The number of hydrogen-bond acceptors (Lipinski definition) is 6. The molecule has 132 valence electrons. The third-order valence-corrected chi connectivity index (χ3v) is 4.72. The van der Waals surface area contributed by atoms with Gasteiger partial charge < -0.3 is 19.7 Å². The predicted molar refractivity (Wildman–Crippen MR) is 96.7 cm³/mol. The fourth-order valence-corrected chi connectivity index (χ4v) is 3.46. The molecular formula is C16H21BrClN3O3. The van der Waals surface area contributed by atoms with Gasteiger partial charge in [-0.25, -0.2) is 0 Å². The van der Waals surface area contributed by atoms with Crippen LogP contribution in [0.4, 0.5) is 0 Å². The Bertz CT molecular complexity index is 702. The Morgan fingerprint density at radius 3 is 2.67 bits per heavy atom. The average molecular weight is 419 g/mol. The summed E-state index contributed by atoms with van der Waals surface area (Å²) in [7, 11) is 1.60. The van der Waals surface area contributed by atoms with Gasteiger partial charge in [0.2, 0.25) is 0 Å². The number of nitrogens with zero attached hydrogens (tertiary/aromatic N) is 2. The molecule has 0 aliphatic heterocycles. The maximum Gasteiger partial charge on any atom is 0.258 e. The molecule has 0 atom stereocenters. The van der Waals surface area contributed by atoms with Crippen molar-refractivity contribution in [1.29, 1.82) is 0 Å². The third kappa shape index (κ3) is 3.53. The van der Waals surface area contributed by atoms with E-state index in [-0.39, 0.29) is 12.4 Å². The molecule has 0 spiro atoms. The highest BCUT2D eigenvalue weighted by Gasteiger charge is 2.36. The molecule has 3 rings (SSSR count). The zero-order valence-electron chi connectivity index (χ0n) is 13.7. The molecule has 1 heterocycles. The van der Waals surface area contributed by atoms with Gasteiger partial charge in [-0.3, -0.25) is 0 Å². The molecule has 0 amide bonds. The number of benzene rings is 1. The van der Waals surface area contributed by atoms with Gasteiger partial charge in [-0.2, -0.15) is 4.98 Å². The van der Waals surface area contributed by atoms with E-state index in [4.69, 9.17) is 19.7 Å². The van der Waals surface area contributed by atoms with E-state index in [1.165, 1.54) is 0 Å². The first-order chi connectivity index (χ1) is 11.1. The molecular weight excluding hydrogens is 398 g/mol. The number of nitrogens with two attached hydrogens (primary N) is 1. The molecule has 6 nitrogen and oxygen atoms in total. The van der Waals surface area contributed by atoms with Crippen molar-refractivity contribution in [3.05, 3.63) is 22.4 Å². The Balaban J connectivity index is 0.00000208. The molecule has 2 aromatic rings. The standard InChI is InChI=1S/C16H20BrN3O3.ClH/c1-3-22-13-11(17)8-10(9-12(13)21-2)14-19-15(20-23-14)16(18)6-4-5-7-16;/h8-9H,3-7,18H2,1-2H3;1H. The first-order valence-corrected chi connectivity index (χ1v) is 8.50. The largest absolute Gasteiger partial charge is 0.493 e. The maximum absolute atomic E-state index is 6.38. The van der Waals surface area contributed by atoms with Crippen LogP contribution in [0.25, 0.3) is 11.5 Å². The first kappa shape index (κ1) is 19.0. The van der Waals surface area contributed by atoms with Crippen molar-refractivity contribution in [3.8, 4) is 23.0 Å². The van der Waals surface area contributed by atoms with Crippen molar-refractivity contribution in [3.63, 3.8) is 0 Å². The van der Waals surface area contributed by atoms with Crippen molar-refractivity contribution in [1.82, 2.24) is 10.1 Å². The minimum absolute atomic E-state index is 0. The van der Waals surface area contributed by atoms with Crippen LogP contribution in [-0.4, -0.2) is 23.9 Å². The fourth-order valence-electron chi connectivity index (χ4n) is 2.90. The van der Waals surface area contributed by atoms with Gasteiger partial charge in [-0.05, 0) is 47.8 Å². The van der Waals surface area contributed by atoms with E-state index in [0.29, 0.717) is 29.8 Å². The Morgan fingerprint density at radius 1 is 1.33 bits per heavy atom. The van der Waals surface area contributed by atoms with Crippen LogP contribution in [0.3, 0.4) is 0 Å². The summed E-state index contributed by atoms with van der Waals surface area (Å²) in [6.07, 6.45) is 3.98. The number of halogens is 2. The van der Waals surface area contributed by atoms with Crippen molar-refractivity contribution < 1.29 is 14.0 Å². The van der Waals surface area contributed by atoms with Crippen LogP contribution in [-0.2, 0) is 5.54 Å². The van der Waals surface area contributed by atoms with E-state index in [1.807, 2.05) is 19.1 Å². The van der Waals surface area contributed by atoms with E-state index in [1.54, 1.807) is 7.11 Å². The van der Waals surface area contributed by atoms with Crippen LogP contribution in [0.1, 0.15) is 38.4 Å². The van der Waals surface area contributed by atoms with Crippen molar-refractivity contribution in [2.24, 2.45) is 5.73 Å². The summed E-state index contributed by atoms with van der Waals surface area (Å²) in [5.74, 6) is 2.27. The van der Waals surface area contributed by atoms with Crippen LogP contribution < -0.4 is 15.2 Å². The van der Waals surface area contributed by atoms with Gasteiger partial charge >= 0.3 is 0 Å². The number of rotatable bonds is 5. The monoisotopic (exact) mass is 417 g/mol. The number of aromatic nitrogens is 2. The Kier molecular flexibility index (Phi) is 6.11. The van der Waals surface area contributed by atoms with E-state index in [0.717, 1.165) is 35.7 Å². The minimum Gasteiger partial charge on any atom is -0.493 e. The lowest BCUT2D eigenvalue weighted by Gasteiger charge is -2.17. The van der Waals surface area contributed by atoms with Gasteiger partial charge in [0.15, 0.2) is 17.3 Å². The quantitative estimate of drug-likeness (QED) is 0.788. The fraction of sp³-hybridized carbons (Fsp3) is 0.500. The summed E-state index contributed by atoms with van der Waals surface area (Å²) in [5.41, 5.74) is 6.68. The lowest BCUT2D eigenvalue weighted by molar-refractivity contribution is 0.309. The molecule has 24 heavy (non-hydrogen) atoms. The van der Waals surface area contributed by atoms with Crippen LogP contribution in [0.15, 0.2) is 21.1 Å². The number of ether oxygens (including phenoxy) is 2. The molecule has 2 N–H and O–H groups in total. The van der Waals surface area contributed by atoms with Gasteiger partial charge in [-0.15, -0.1) is 12.4 Å². The molecule has 1 aliphatic carbocycles. The molecule has 8 heteroatoms. The Labute approximate surface area is 155 Å². The molecule has 0 unspecified atom stereocenters. The van der Waals surface area contributed by atoms with Crippen LogP contribution in [0, 0.1) is 0 Å². The third-order valence-electron chi connectivity index (χ3n) is 4.13. The van der Waals surface area contributed by atoms with E-state index < -0.39 is 5.54 Å². The Hall–Kier alpha value is -1.31. The smallest absolute Gasteiger partial charge is 0.258 e. The summed E-state index contributed by atoms with van der Waals surface area (Å²) in [6.45, 7) is 2.47. The summed E-state index contributed by atoms with van der Waals surface area (Å²) >= 11 is 3.50. The highest BCUT2D eigenvalue weighted by Crippen LogP contribution is 2.40. The molecule has 1 aromatic carbocycles. The Morgan fingerprint density at radius 2 is 2.04 bits per heavy atom. The number of methoxy groups -OCH3 is 1. The summed E-state index contributed by atoms with van der Waals surface area (Å²) < 4.78 is 17.2. The second kappa shape index (κ2) is 7.72. The van der Waals surface area contributed by atoms with Gasteiger partial charge in [-0.1, -0.05) is 18.0 Å². The highest BCUT2D eigenvalue weighted by atomic mass is 79.9. The van der Waals surface area contributed by atoms with E-state index in [2.05, 4.69) is 26.1 Å². The lowest BCUT2D eigenvalue weighted by Crippen LogP contribution is -2.34.